The van der Waals surface area contributed by atoms with Gasteiger partial charge in [-0.2, -0.15) is 0 Å². The van der Waals surface area contributed by atoms with Crippen LogP contribution in [0.15, 0.2) is 54.7 Å². The summed E-state index contributed by atoms with van der Waals surface area (Å²) in [5, 5.41) is 1.88. The van der Waals surface area contributed by atoms with Crippen molar-refractivity contribution in [3.8, 4) is 0 Å². The van der Waals surface area contributed by atoms with Crippen LogP contribution >= 0.6 is 11.6 Å². The molecule has 1 aromatic heterocycles. The third-order valence-electron chi connectivity index (χ3n) is 4.78. The van der Waals surface area contributed by atoms with E-state index in [9.17, 15) is 0 Å². The van der Waals surface area contributed by atoms with Crippen molar-refractivity contribution in [2.75, 3.05) is 5.73 Å². The predicted octanol–water partition coefficient (Wildman–Crippen LogP) is 5.44. The van der Waals surface area contributed by atoms with Gasteiger partial charge in [0.25, 0.3) is 0 Å². The number of rotatable bonds is 4. The van der Waals surface area contributed by atoms with Gasteiger partial charge in [-0.25, -0.2) is 0 Å². The lowest BCUT2D eigenvalue weighted by atomic mass is 9.84. The van der Waals surface area contributed by atoms with Crippen molar-refractivity contribution in [2.45, 2.75) is 32.2 Å². The molecule has 114 valence electrons. The van der Waals surface area contributed by atoms with E-state index in [-0.39, 0.29) is 5.54 Å². The van der Waals surface area contributed by atoms with E-state index >= 15 is 0 Å². The molecule has 3 heteroatoms. The van der Waals surface area contributed by atoms with E-state index in [1.807, 2.05) is 24.3 Å². The van der Waals surface area contributed by atoms with Gasteiger partial charge in [0.2, 0.25) is 0 Å². The molecule has 0 aliphatic rings. The van der Waals surface area contributed by atoms with Gasteiger partial charge < -0.3 is 10.3 Å². The molecule has 0 saturated carbocycles. The van der Waals surface area contributed by atoms with Crippen LogP contribution in [-0.4, -0.2) is 4.57 Å². The highest BCUT2D eigenvalue weighted by Crippen LogP contribution is 2.38. The van der Waals surface area contributed by atoms with E-state index in [1.54, 1.807) is 0 Å². The molecule has 22 heavy (non-hydrogen) atoms. The number of fused-ring (bicyclic) bond motifs is 1. The molecule has 0 atom stereocenters. The summed E-state index contributed by atoms with van der Waals surface area (Å²) in [5.41, 5.74) is 9.33. The number of nitrogens with zero attached hydrogens (tertiary/aromatic N) is 1. The first kappa shape index (κ1) is 15.0. The first-order valence-electron chi connectivity index (χ1n) is 7.74. The van der Waals surface area contributed by atoms with Crippen molar-refractivity contribution in [1.29, 1.82) is 0 Å². The van der Waals surface area contributed by atoms with E-state index in [1.165, 1.54) is 11.1 Å². The summed E-state index contributed by atoms with van der Waals surface area (Å²) in [5.74, 6) is 0. The third-order valence-corrected chi connectivity index (χ3v) is 5.03. The molecular formula is C19H21ClN2. The maximum atomic E-state index is 6.12. The topological polar surface area (TPSA) is 30.9 Å². The molecule has 0 bridgehead atoms. The average Bonchev–Trinajstić information content (AvgIpc) is 2.97. The molecule has 2 aromatic carbocycles. The summed E-state index contributed by atoms with van der Waals surface area (Å²) in [6, 6.07) is 16.4. The fraction of sp³-hybridized carbons (Fsp3) is 0.263. The van der Waals surface area contributed by atoms with E-state index in [0.29, 0.717) is 0 Å². The van der Waals surface area contributed by atoms with Crippen molar-refractivity contribution in [1.82, 2.24) is 4.57 Å². The van der Waals surface area contributed by atoms with Crippen LogP contribution in [0, 0.1) is 0 Å². The summed E-state index contributed by atoms with van der Waals surface area (Å²) in [6.45, 7) is 4.46. The molecule has 2 nitrogen and oxygen atoms in total. The van der Waals surface area contributed by atoms with Crippen LogP contribution in [0.5, 0.6) is 0 Å². The normalized spacial score (nSPS) is 12.0. The number of halogens is 1. The SMILES string of the molecule is CCC(CC)(c1ccc(Cl)cc1)n1ccc2c(N)cccc21. The van der Waals surface area contributed by atoms with Gasteiger partial charge in [-0.05, 0) is 48.7 Å². The van der Waals surface area contributed by atoms with Gasteiger partial charge in [0, 0.05) is 22.3 Å². The number of hydrogen-bond acceptors (Lipinski definition) is 1. The number of hydrogen-bond donors (Lipinski definition) is 1. The van der Waals surface area contributed by atoms with Gasteiger partial charge in [0.1, 0.15) is 0 Å². The Morgan fingerprint density at radius 2 is 1.68 bits per heavy atom. The Hall–Kier alpha value is -1.93. The monoisotopic (exact) mass is 312 g/mol. The molecule has 0 aliphatic carbocycles. The van der Waals surface area contributed by atoms with E-state index in [2.05, 4.69) is 48.9 Å². The zero-order chi connectivity index (χ0) is 15.7. The molecule has 0 saturated heterocycles. The van der Waals surface area contributed by atoms with E-state index < -0.39 is 0 Å². The Bertz CT molecular complexity index is 783. The van der Waals surface area contributed by atoms with E-state index in [0.717, 1.165) is 28.9 Å². The lowest BCUT2D eigenvalue weighted by molar-refractivity contribution is 0.339. The van der Waals surface area contributed by atoms with Crippen LogP contribution in [0.3, 0.4) is 0 Å². The Morgan fingerprint density at radius 3 is 2.32 bits per heavy atom. The number of nitrogen functional groups attached to an aromatic ring is 1. The summed E-state index contributed by atoms with van der Waals surface area (Å²) < 4.78 is 2.36. The quantitative estimate of drug-likeness (QED) is 0.639. The second-order valence-corrected chi connectivity index (χ2v) is 6.15. The average molecular weight is 313 g/mol. The molecule has 0 radical (unpaired) electrons. The Labute approximate surface area is 136 Å². The first-order valence-corrected chi connectivity index (χ1v) is 8.12. The Balaban J connectivity index is 2.26. The number of benzene rings is 2. The lowest BCUT2D eigenvalue weighted by Gasteiger charge is -2.35. The summed E-state index contributed by atoms with van der Waals surface area (Å²) >= 11 is 6.07. The summed E-state index contributed by atoms with van der Waals surface area (Å²) in [4.78, 5) is 0. The molecule has 3 aromatic rings. The van der Waals surface area contributed by atoms with Crippen molar-refractivity contribution in [3.05, 3.63) is 65.3 Å². The van der Waals surface area contributed by atoms with Crippen LogP contribution in [0.1, 0.15) is 32.3 Å². The highest BCUT2D eigenvalue weighted by atomic mass is 35.5. The second kappa shape index (κ2) is 5.69. The number of nitrogens with two attached hydrogens (primary N) is 1. The van der Waals surface area contributed by atoms with Crippen molar-refractivity contribution in [2.24, 2.45) is 0 Å². The van der Waals surface area contributed by atoms with Crippen LogP contribution in [0.4, 0.5) is 5.69 Å². The van der Waals surface area contributed by atoms with Crippen molar-refractivity contribution >= 4 is 28.2 Å². The third kappa shape index (κ3) is 2.19. The molecule has 1 heterocycles. The van der Waals surface area contributed by atoms with E-state index in [4.69, 9.17) is 17.3 Å². The molecule has 2 N–H and O–H groups in total. The lowest BCUT2D eigenvalue weighted by Crippen LogP contribution is -2.33. The minimum atomic E-state index is -0.0832. The second-order valence-electron chi connectivity index (χ2n) is 5.71. The van der Waals surface area contributed by atoms with Crippen LogP contribution < -0.4 is 5.73 Å². The molecule has 0 unspecified atom stereocenters. The fourth-order valence-corrected chi connectivity index (χ4v) is 3.59. The van der Waals surface area contributed by atoms with Gasteiger partial charge in [0.05, 0.1) is 11.1 Å². The minimum absolute atomic E-state index is 0.0832. The highest BCUT2D eigenvalue weighted by Gasteiger charge is 2.31. The van der Waals surface area contributed by atoms with Gasteiger partial charge in [0.15, 0.2) is 0 Å². The number of anilines is 1. The maximum absolute atomic E-state index is 6.12. The van der Waals surface area contributed by atoms with Gasteiger partial charge in [-0.1, -0.05) is 43.6 Å². The van der Waals surface area contributed by atoms with Gasteiger partial charge >= 0.3 is 0 Å². The smallest absolute Gasteiger partial charge is 0.0691 e. The molecular weight excluding hydrogens is 292 g/mol. The molecule has 0 spiro atoms. The van der Waals surface area contributed by atoms with Crippen molar-refractivity contribution in [3.63, 3.8) is 0 Å². The Kier molecular flexibility index (Phi) is 3.88. The predicted molar refractivity (Wildman–Crippen MR) is 95.5 cm³/mol. The van der Waals surface area contributed by atoms with Crippen molar-refractivity contribution < 1.29 is 0 Å². The van der Waals surface area contributed by atoms with Gasteiger partial charge in [-0.3, -0.25) is 0 Å². The van der Waals surface area contributed by atoms with Gasteiger partial charge in [-0.15, -0.1) is 0 Å². The standard InChI is InChI=1S/C19H21ClN2/c1-3-19(4-2,14-8-10-15(20)11-9-14)22-13-12-16-17(21)6-5-7-18(16)22/h5-13H,3-4,21H2,1-2H3. The summed E-state index contributed by atoms with van der Waals surface area (Å²) in [7, 11) is 0. The fourth-order valence-electron chi connectivity index (χ4n) is 3.46. The molecule has 0 amide bonds. The zero-order valence-electron chi connectivity index (χ0n) is 13.0. The largest absolute Gasteiger partial charge is 0.398 e. The number of aromatic nitrogens is 1. The first-order chi connectivity index (χ1) is 10.6. The minimum Gasteiger partial charge on any atom is -0.398 e. The zero-order valence-corrected chi connectivity index (χ0v) is 13.8. The summed E-state index contributed by atoms with van der Waals surface area (Å²) in [6.07, 6.45) is 4.16. The Morgan fingerprint density at radius 1 is 1.00 bits per heavy atom. The van der Waals surface area contributed by atoms with Crippen LogP contribution in [0.25, 0.3) is 10.9 Å². The van der Waals surface area contributed by atoms with Crippen LogP contribution in [-0.2, 0) is 5.54 Å². The van der Waals surface area contributed by atoms with Crippen LogP contribution in [0.2, 0.25) is 5.02 Å². The maximum Gasteiger partial charge on any atom is 0.0691 e. The highest BCUT2D eigenvalue weighted by molar-refractivity contribution is 6.30. The molecule has 3 rings (SSSR count). The molecule has 0 fully saturated rings. The molecule has 0 aliphatic heterocycles.